The van der Waals surface area contributed by atoms with Gasteiger partial charge >= 0.3 is 0 Å². The van der Waals surface area contributed by atoms with Crippen LogP contribution in [-0.4, -0.2) is 0 Å². The van der Waals surface area contributed by atoms with Crippen molar-refractivity contribution in [3.05, 3.63) is 48.0 Å². The summed E-state index contributed by atoms with van der Waals surface area (Å²) in [6.45, 7) is 6.47. The van der Waals surface area contributed by atoms with Crippen molar-refractivity contribution in [3.8, 4) is 0 Å². The van der Waals surface area contributed by atoms with Gasteiger partial charge in [0.25, 0.3) is 0 Å². The number of allylic oxidation sites excluding steroid dienone is 1. The highest BCUT2D eigenvalue weighted by molar-refractivity contribution is 5.23. The minimum absolute atomic E-state index is 0.715. The lowest BCUT2D eigenvalue weighted by Gasteiger charge is -2.28. The van der Waals surface area contributed by atoms with Crippen LogP contribution in [0.4, 0.5) is 0 Å². The van der Waals surface area contributed by atoms with E-state index in [0.717, 1.165) is 5.92 Å². The second-order valence-corrected chi connectivity index (χ2v) is 4.61. The standard InChI is InChI=1S/C14H18/c1-11-8-12(2)10-14(9-11)13-6-4-3-5-7-13/h3-7,12,14H,1,8-10H2,2H3. The Kier molecular flexibility index (Phi) is 2.72. The van der Waals surface area contributed by atoms with E-state index in [-0.39, 0.29) is 0 Å². The van der Waals surface area contributed by atoms with Gasteiger partial charge in [-0.3, -0.25) is 0 Å². The van der Waals surface area contributed by atoms with E-state index in [2.05, 4.69) is 43.8 Å². The van der Waals surface area contributed by atoms with E-state index in [1.165, 1.54) is 30.4 Å². The van der Waals surface area contributed by atoms with Gasteiger partial charge in [-0.1, -0.05) is 49.4 Å². The summed E-state index contributed by atoms with van der Waals surface area (Å²) in [5.74, 6) is 1.52. The Morgan fingerprint density at radius 2 is 1.86 bits per heavy atom. The first kappa shape index (κ1) is 9.51. The SMILES string of the molecule is C=C1CC(C)CC(c2ccccc2)C1. The van der Waals surface area contributed by atoms with Crippen LogP contribution in [0.15, 0.2) is 42.5 Å². The summed E-state index contributed by atoms with van der Waals surface area (Å²) in [6.07, 6.45) is 3.74. The Morgan fingerprint density at radius 3 is 2.50 bits per heavy atom. The van der Waals surface area contributed by atoms with Crippen LogP contribution in [0.2, 0.25) is 0 Å². The summed E-state index contributed by atoms with van der Waals surface area (Å²) in [6, 6.07) is 10.9. The van der Waals surface area contributed by atoms with Crippen molar-refractivity contribution in [2.45, 2.75) is 32.1 Å². The molecule has 74 valence electrons. The summed E-state index contributed by atoms with van der Waals surface area (Å²) in [5, 5.41) is 0. The molecule has 0 saturated heterocycles. The lowest BCUT2D eigenvalue weighted by molar-refractivity contribution is 0.407. The van der Waals surface area contributed by atoms with Gasteiger partial charge in [0.2, 0.25) is 0 Å². The van der Waals surface area contributed by atoms with Crippen LogP contribution in [0, 0.1) is 5.92 Å². The van der Waals surface area contributed by atoms with Crippen molar-refractivity contribution in [3.63, 3.8) is 0 Å². The largest absolute Gasteiger partial charge is 0.0998 e. The van der Waals surface area contributed by atoms with Crippen molar-refractivity contribution in [1.82, 2.24) is 0 Å². The highest BCUT2D eigenvalue weighted by Gasteiger charge is 2.21. The van der Waals surface area contributed by atoms with Crippen LogP contribution in [-0.2, 0) is 0 Å². The first-order valence-corrected chi connectivity index (χ1v) is 5.47. The van der Waals surface area contributed by atoms with Gasteiger partial charge in [-0.25, -0.2) is 0 Å². The van der Waals surface area contributed by atoms with E-state index in [9.17, 15) is 0 Å². The normalized spacial score (nSPS) is 27.6. The molecule has 1 saturated carbocycles. The van der Waals surface area contributed by atoms with Gasteiger partial charge in [-0.15, -0.1) is 0 Å². The Morgan fingerprint density at radius 1 is 1.14 bits per heavy atom. The topological polar surface area (TPSA) is 0 Å². The van der Waals surface area contributed by atoms with Crippen LogP contribution >= 0.6 is 0 Å². The molecule has 0 nitrogen and oxygen atoms in total. The molecule has 0 N–H and O–H groups in total. The summed E-state index contributed by atoms with van der Waals surface area (Å²) < 4.78 is 0. The fourth-order valence-electron chi connectivity index (χ4n) is 2.56. The van der Waals surface area contributed by atoms with E-state index in [1.54, 1.807) is 0 Å². The predicted molar refractivity (Wildman–Crippen MR) is 61.3 cm³/mol. The van der Waals surface area contributed by atoms with Gasteiger partial charge in [0, 0.05) is 0 Å². The minimum Gasteiger partial charge on any atom is -0.0998 e. The summed E-state index contributed by atoms with van der Waals surface area (Å²) in [4.78, 5) is 0. The maximum absolute atomic E-state index is 4.14. The van der Waals surface area contributed by atoms with Crippen molar-refractivity contribution in [2.24, 2.45) is 5.92 Å². The number of benzene rings is 1. The van der Waals surface area contributed by atoms with E-state index < -0.39 is 0 Å². The molecule has 1 aliphatic rings. The molecule has 0 heteroatoms. The first-order valence-electron chi connectivity index (χ1n) is 5.47. The average molecular weight is 186 g/mol. The second kappa shape index (κ2) is 4.00. The Balaban J connectivity index is 2.15. The fraction of sp³-hybridized carbons (Fsp3) is 0.429. The van der Waals surface area contributed by atoms with Gasteiger partial charge in [-0.2, -0.15) is 0 Å². The van der Waals surface area contributed by atoms with Crippen molar-refractivity contribution in [1.29, 1.82) is 0 Å². The third-order valence-electron chi connectivity index (χ3n) is 3.13. The summed E-state index contributed by atoms with van der Waals surface area (Å²) in [5.41, 5.74) is 2.91. The monoisotopic (exact) mass is 186 g/mol. The zero-order valence-corrected chi connectivity index (χ0v) is 8.87. The quantitative estimate of drug-likeness (QED) is 0.578. The maximum Gasteiger partial charge on any atom is -0.0122 e. The van der Waals surface area contributed by atoms with Crippen molar-refractivity contribution >= 4 is 0 Å². The molecule has 1 aromatic rings. The van der Waals surface area contributed by atoms with E-state index >= 15 is 0 Å². The minimum atomic E-state index is 0.715. The molecule has 0 amide bonds. The lowest BCUT2D eigenvalue weighted by Crippen LogP contribution is -2.13. The molecule has 0 heterocycles. The number of hydrogen-bond acceptors (Lipinski definition) is 0. The van der Waals surface area contributed by atoms with E-state index in [4.69, 9.17) is 0 Å². The van der Waals surface area contributed by atoms with Gasteiger partial charge in [0.05, 0.1) is 0 Å². The third kappa shape index (κ3) is 2.06. The maximum atomic E-state index is 4.14. The van der Waals surface area contributed by atoms with E-state index in [1.807, 2.05) is 0 Å². The van der Waals surface area contributed by atoms with Crippen LogP contribution < -0.4 is 0 Å². The van der Waals surface area contributed by atoms with Crippen molar-refractivity contribution < 1.29 is 0 Å². The zero-order chi connectivity index (χ0) is 9.97. The smallest absolute Gasteiger partial charge is 0.0122 e. The van der Waals surface area contributed by atoms with Crippen molar-refractivity contribution in [2.75, 3.05) is 0 Å². The molecular weight excluding hydrogens is 168 g/mol. The highest BCUT2D eigenvalue weighted by Crippen LogP contribution is 2.37. The summed E-state index contributed by atoms with van der Waals surface area (Å²) in [7, 11) is 0. The zero-order valence-electron chi connectivity index (χ0n) is 8.87. The Hall–Kier alpha value is -1.04. The predicted octanol–water partition coefficient (Wildman–Crippen LogP) is 4.15. The molecule has 1 aromatic carbocycles. The molecule has 0 aromatic heterocycles. The van der Waals surface area contributed by atoms with Gasteiger partial charge < -0.3 is 0 Å². The Labute approximate surface area is 86.7 Å². The van der Waals surface area contributed by atoms with Crippen LogP contribution in [0.25, 0.3) is 0 Å². The lowest BCUT2D eigenvalue weighted by atomic mass is 9.77. The highest BCUT2D eigenvalue weighted by atomic mass is 14.3. The fourth-order valence-corrected chi connectivity index (χ4v) is 2.56. The van der Waals surface area contributed by atoms with E-state index in [0.29, 0.717) is 5.92 Å². The molecule has 14 heavy (non-hydrogen) atoms. The molecule has 0 radical (unpaired) electrons. The first-order chi connectivity index (χ1) is 6.75. The van der Waals surface area contributed by atoms with Gasteiger partial charge in [0.15, 0.2) is 0 Å². The van der Waals surface area contributed by atoms with Crippen LogP contribution in [0.1, 0.15) is 37.7 Å². The molecule has 0 spiro atoms. The molecular formula is C14H18. The molecule has 0 bridgehead atoms. The number of rotatable bonds is 1. The number of hydrogen-bond donors (Lipinski definition) is 0. The van der Waals surface area contributed by atoms with Crippen LogP contribution in [0.3, 0.4) is 0 Å². The van der Waals surface area contributed by atoms with Crippen LogP contribution in [0.5, 0.6) is 0 Å². The Bertz CT molecular complexity index is 310. The molecule has 1 fully saturated rings. The van der Waals surface area contributed by atoms with Gasteiger partial charge in [0.1, 0.15) is 0 Å². The van der Waals surface area contributed by atoms with Gasteiger partial charge in [-0.05, 0) is 36.7 Å². The molecule has 1 aliphatic carbocycles. The average Bonchev–Trinajstić information content (AvgIpc) is 2.18. The second-order valence-electron chi connectivity index (χ2n) is 4.61. The third-order valence-corrected chi connectivity index (χ3v) is 3.13. The molecule has 0 aliphatic heterocycles. The molecule has 2 unspecified atom stereocenters. The summed E-state index contributed by atoms with van der Waals surface area (Å²) >= 11 is 0. The molecule has 2 atom stereocenters. The molecule has 2 rings (SSSR count).